The fourth-order valence-corrected chi connectivity index (χ4v) is 3.13. The molecule has 1 atom stereocenters. The Morgan fingerprint density at radius 1 is 1.32 bits per heavy atom. The number of benzene rings is 1. The van der Waals surface area contributed by atoms with Crippen molar-refractivity contribution in [2.24, 2.45) is 0 Å². The average Bonchev–Trinajstić information content (AvgIpc) is 2.46. The lowest BCUT2D eigenvalue weighted by Gasteiger charge is -2.14. The molecule has 0 aliphatic rings. The van der Waals surface area contributed by atoms with E-state index in [0.29, 0.717) is 6.61 Å². The van der Waals surface area contributed by atoms with Gasteiger partial charge in [0.05, 0.1) is 13.7 Å². The third-order valence-electron chi connectivity index (χ3n) is 2.84. The van der Waals surface area contributed by atoms with Gasteiger partial charge in [-0.05, 0) is 25.1 Å². The van der Waals surface area contributed by atoms with Crippen LogP contribution in [0.1, 0.15) is 24.2 Å². The summed E-state index contributed by atoms with van der Waals surface area (Å²) in [5.74, 6) is -0.192. The highest BCUT2D eigenvalue weighted by atomic mass is 32.2. The van der Waals surface area contributed by atoms with Crippen LogP contribution in [0.4, 0.5) is 0 Å². The van der Waals surface area contributed by atoms with Crippen molar-refractivity contribution in [3.05, 3.63) is 23.8 Å². The second kappa shape index (κ2) is 8.11. The Kier molecular flexibility index (Phi) is 6.79. The summed E-state index contributed by atoms with van der Waals surface area (Å²) < 4.78 is 36.7. The quantitative estimate of drug-likeness (QED) is 0.734. The number of ether oxygens (including phenoxy) is 2. The number of carbonyl (C=O) groups excluding carboxylic acids is 1. The van der Waals surface area contributed by atoms with Gasteiger partial charge in [-0.1, -0.05) is 6.92 Å². The van der Waals surface area contributed by atoms with Crippen molar-refractivity contribution in [3.8, 4) is 5.75 Å². The maximum absolute atomic E-state index is 12.2. The first-order valence-corrected chi connectivity index (χ1v) is 8.31. The molecule has 1 aromatic carbocycles. The molecule has 0 radical (unpaired) electrons. The van der Waals surface area contributed by atoms with Gasteiger partial charge in [-0.15, -0.1) is 0 Å². The van der Waals surface area contributed by atoms with Gasteiger partial charge in [-0.3, -0.25) is 4.79 Å². The molecule has 0 aliphatic heterocycles. The standard InChI is InChI=1S/C14H22N2O5S/c1-5-15-22(18,19)13-8-11(6-7-12(13)21-4)14(17)16-10(2)9-20-3/h6-8,10,15H,5,9H2,1-4H3,(H,16,17)/t10-/m1/s1. The number of sulfonamides is 1. The van der Waals surface area contributed by atoms with Gasteiger partial charge in [0, 0.05) is 25.3 Å². The van der Waals surface area contributed by atoms with Crippen molar-refractivity contribution in [1.82, 2.24) is 10.0 Å². The second-order valence-corrected chi connectivity index (χ2v) is 6.43. The Morgan fingerprint density at radius 2 is 2.00 bits per heavy atom. The molecule has 7 nitrogen and oxygen atoms in total. The highest BCUT2D eigenvalue weighted by molar-refractivity contribution is 7.89. The van der Waals surface area contributed by atoms with Gasteiger partial charge in [0.2, 0.25) is 10.0 Å². The van der Waals surface area contributed by atoms with Gasteiger partial charge < -0.3 is 14.8 Å². The summed E-state index contributed by atoms with van der Waals surface area (Å²) in [7, 11) is -0.813. The molecule has 0 fully saturated rings. The van der Waals surface area contributed by atoms with E-state index in [1.165, 1.54) is 32.4 Å². The highest BCUT2D eigenvalue weighted by Crippen LogP contribution is 2.24. The predicted molar refractivity (Wildman–Crippen MR) is 82.7 cm³/mol. The first kappa shape index (κ1) is 18.4. The predicted octanol–water partition coefficient (Wildman–Crippen LogP) is 0.758. The zero-order valence-electron chi connectivity index (χ0n) is 13.2. The molecule has 0 heterocycles. The van der Waals surface area contributed by atoms with E-state index in [2.05, 4.69) is 10.0 Å². The fourth-order valence-electron chi connectivity index (χ4n) is 1.89. The van der Waals surface area contributed by atoms with E-state index in [1.807, 2.05) is 0 Å². The topological polar surface area (TPSA) is 93.7 Å². The maximum atomic E-state index is 12.2. The molecule has 124 valence electrons. The minimum Gasteiger partial charge on any atom is -0.495 e. The molecule has 0 spiro atoms. The molecular weight excluding hydrogens is 308 g/mol. The Hall–Kier alpha value is -1.64. The first-order chi connectivity index (χ1) is 10.4. The van der Waals surface area contributed by atoms with E-state index >= 15 is 0 Å². The van der Waals surface area contributed by atoms with Crippen LogP contribution >= 0.6 is 0 Å². The minimum absolute atomic E-state index is 0.0658. The molecular formula is C14H22N2O5S. The second-order valence-electron chi connectivity index (χ2n) is 4.70. The SMILES string of the molecule is CCNS(=O)(=O)c1cc(C(=O)N[C@H](C)COC)ccc1OC. The van der Waals surface area contributed by atoms with Crippen molar-refractivity contribution in [1.29, 1.82) is 0 Å². The smallest absolute Gasteiger partial charge is 0.251 e. The lowest BCUT2D eigenvalue weighted by molar-refractivity contribution is 0.0905. The monoisotopic (exact) mass is 330 g/mol. The van der Waals surface area contributed by atoms with E-state index in [4.69, 9.17) is 9.47 Å². The van der Waals surface area contributed by atoms with E-state index in [-0.39, 0.29) is 34.7 Å². The van der Waals surface area contributed by atoms with Crippen LogP contribution in [0.25, 0.3) is 0 Å². The van der Waals surface area contributed by atoms with Gasteiger partial charge in [0.15, 0.2) is 0 Å². The Balaban J connectivity index is 3.12. The molecule has 0 bridgehead atoms. The summed E-state index contributed by atoms with van der Waals surface area (Å²) in [5, 5.41) is 2.73. The normalized spacial score (nSPS) is 12.7. The number of hydrogen-bond donors (Lipinski definition) is 2. The van der Waals surface area contributed by atoms with E-state index in [1.54, 1.807) is 13.8 Å². The van der Waals surface area contributed by atoms with Crippen molar-refractivity contribution in [2.45, 2.75) is 24.8 Å². The molecule has 0 aromatic heterocycles. The summed E-state index contributed by atoms with van der Waals surface area (Å²) in [6.45, 7) is 4.07. The lowest BCUT2D eigenvalue weighted by atomic mass is 10.2. The van der Waals surface area contributed by atoms with Crippen LogP contribution in [0.5, 0.6) is 5.75 Å². The van der Waals surface area contributed by atoms with Crippen LogP contribution in [-0.4, -0.2) is 47.7 Å². The van der Waals surface area contributed by atoms with Crippen molar-refractivity contribution in [3.63, 3.8) is 0 Å². The van der Waals surface area contributed by atoms with Crippen molar-refractivity contribution in [2.75, 3.05) is 27.4 Å². The molecule has 1 amide bonds. The third-order valence-corrected chi connectivity index (χ3v) is 4.41. The van der Waals surface area contributed by atoms with Gasteiger partial charge in [0.25, 0.3) is 5.91 Å². The molecule has 1 rings (SSSR count). The molecule has 1 aromatic rings. The maximum Gasteiger partial charge on any atom is 0.251 e. The van der Waals surface area contributed by atoms with Crippen molar-refractivity contribution >= 4 is 15.9 Å². The molecule has 8 heteroatoms. The lowest BCUT2D eigenvalue weighted by Crippen LogP contribution is -2.35. The molecule has 22 heavy (non-hydrogen) atoms. The number of nitrogens with one attached hydrogen (secondary N) is 2. The summed E-state index contributed by atoms with van der Waals surface area (Å²) in [6.07, 6.45) is 0. The zero-order chi connectivity index (χ0) is 16.8. The van der Waals surface area contributed by atoms with Crippen LogP contribution in [0.2, 0.25) is 0 Å². The summed E-state index contributed by atoms with van der Waals surface area (Å²) in [4.78, 5) is 12.1. The van der Waals surface area contributed by atoms with Crippen LogP contribution in [-0.2, 0) is 14.8 Å². The minimum atomic E-state index is -3.73. The first-order valence-electron chi connectivity index (χ1n) is 6.83. The fraction of sp³-hybridized carbons (Fsp3) is 0.500. The summed E-state index contributed by atoms with van der Waals surface area (Å²) >= 11 is 0. The van der Waals surface area contributed by atoms with Crippen LogP contribution in [0, 0.1) is 0 Å². The number of methoxy groups -OCH3 is 2. The van der Waals surface area contributed by atoms with Gasteiger partial charge in [0.1, 0.15) is 10.6 Å². The van der Waals surface area contributed by atoms with E-state index in [9.17, 15) is 13.2 Å². The summed E-state index contributed by atoms with van der Waals surface area (Å²) in [6, 6.07) is 4.08. The number of carbonyl (C=O) groups is 1. The largest absolute Gasteiger partial charge is 0.495 e. The van der Waals surface area contributed by atoms with Gasteiger partial charge in [-0.2, -0.15) is 0 Å². The number of hydrogen-bond acceptors (Lipinski definition) is 5. The van der Waals surface area contributed by atoms with Gasteiger partial charge in [-0.25, -0.2) is 13.1 Å². The zero-order valence-corrected chi connectivity index (χ0v) is 14.0. The number of rotatable bonds is 8. The Labute approximate surface area is 131 Å². The van der Waals surface area contributed by atoms with E-state index in [0.717, 1.165) is 0 Å². The molecule has 0 saturated carbocycles. The molecule has 0 unspecified atom stereocenters. The van der Waals surface area contributed by atoms with Gasteiger partial charge >= 0.3 is 0 Å². The van der Waals surface area contributed by atoms with E-state index < -0.39 is 10.0 Å². The van der Waals surface area contributed by atoms with Crippen LogP contribution in [0.15, 0.2) is 23.1 Å². The van der Waals surface area contributed by atoms with Crippen molar-refractivity contribution < 1.29 is 22.7 Å². The molecule has 2 N–H and O–H groups in total. The van der Waals surface area contributed by atoms with Crippen LogP contribution < -0.4 is 14.8 Å². The average molecular weight is 330 g/mol. The molecule has 0 aliphatic carbocycles. The van der Waals surface area contributed by atoms with Crippen LogP contribution in [0.3, 0.4) is 0 Å². The summed E-state index contributed by atoms with van der Waals surface area (Å²) in [5.41, 5.74) is 0.236. The third kappa shape index (κ3) is 4.69. The Bertz CT molecular complexity index is 616. The Morgan fingerprint density at radius 3 is 2.55 bits per heavy atom. The number of amides is 1. The highest BCUT2D eigenvalue weighted by Gasteiger charge is 2.21. The molecule has 0 saturated heterocycles.